The smallest absolute Gasteiger partial charge is 0.336 e. The van der Waals surface area contributed by atoms with Gasteiger partial charge in [0.25, 0.3) is 0 Å². The van der Waals surface area contributed by atoms with Crippen molar-refractivity contribution in [3.05, 3.63) is 87.8 Å². The molecule has 0 bridgehead atoms. The van der Waals surface area contributed by atoms with E-state index in [-0.39, 0.29) is 11.5 Å². The molecule has 1 heterocycles. The lowest BCUT2D eigenvalue weighted by atomic mass is 10.0. The van der Waals surface area contributed by atoms with Crippen LogP contribution in [0.25, 0.3) is 21.7 Å². The van der Waals surface area contributed by atoms with Crippen LogP contribution in [0, 0.1) is 13.8 Å². The molecule has 2 atom stereocenters. The van der Waals surface area contributed by atoms with E-state index in [0.29, 0.717) is 21.9 Å². The number of hydrogen-bond acceptors (Lipinski definition) is 7. The molecule has 2 N–H and O–H groups in total. The van der Waals surface area contributed by atoms with Gasteiger partial charge < -0.3 is 14.3 Å². The largest absolute Gasteiger partial charge is 0.460 e. The van der Waals surface area contributed by atoms with E-state index in [0.717, 1.165) is 16.5 Å². The number of hydrogen-bond donors (Lipinski definition) is 2. The Labute approximate surface area is 202 Å². The van der Waals surface area contributed by atoms with Gasteiger partial charge in [-0.25, -0.2) is 13.2 Å². The molecule has 0 aliphatic rings. The Morgan fingerprint density at radius 1 is 1.06 bits per heavy atom. The summed E-state index contributed by atoms with van der Waals surface area (Å²) in [6, 6.07) is 15.1. The summed E-state index contributed by atoms with van der Waals surface area (Å²) in [4.78, 5) is 24.8. The maximum atomic E-state index is 13.0. The maximum Gasteiger partial charge on any atom is 0.336 e. The molecule has 0 saturated heterocycles. The average molecular weight is 496 g/mol. The Kier molecular flexibility index (Phi) is 6.75. The lowest BCUT2D eigenvalue weighted by Crippen LogP contribution is -2.48. The lowest BCUT2D eigenvalue weighted by molar-refractivity contribution is -0.149. The molecule has 4 aromatic rings. The number of carbonyl (C=O) groups excluding carboxylic acids is 1. The van der Waals surface area contributed by atoms with Crippen LogP contribution in [0.3, 0.4) is 0 Å². The van der Waals surface area contributed by atoms with E-state index < -0.39 is 33.8 Å². The summed E-state index contributed by atoms with van der Waals surface area (Å²) >= 11 is 0. The predicted molar refractivity (Wildman–Crippen MR) is 131 cm³/mol. The van der Waals surface area contributed by atoms with Crippen molar-refractivity contribution in [3.8, 4) is 0 Å². The first-order valence-corrected chi connectivity index (χ1v) is 12.4. The fraction of sp³-hybridized carbons (Fsp3) is 0.231. The van der Waals surface area contributed by atoms with Crippen molar-refractivity contribution in [3.63, 3.8) is 0 Å². The highest BCUT2D eigenvalue weighted by Gasteiger charge is 2.31. The van der Waals surface area contributed by atoms with Gasteiger partial charge in [0, 0.05) is 17.0 Å². The Morgan fingerprint density at radius 3 is 2.49 bits per heavy atom. The molecule has 4 rings (SSSR count). The first-order chi connectivity index (χ1) is 16.6. The number of benzene rings is 3. The van der Waals surface area contributed by atoms with Crippen molar-refractivity contribution in [2.45, 2.75) is 44.4 Å². The van der Waals surface area contributed by atoms with E-state index >= 15 is 0 Å². The molecular formula is C26H25NO7S. The zero-order valence-corrected chi connectivity index (χ0v) is 20.3. The number of sulfonamides is 1. The van der Waals surface area contributed by atoms with Crippen molar-refractivity contribution in [2.75, 3.05) is 0 Å². The van der Waals surface area contributed by atoms with Gasteiger partial charge in [0.2, 0.25) is 10.0 Å². The van der Waals surface area contributed by atoms with Gasteiger partial charge in [-0.2, -0.15) is 4.72 Å². The van der Waals surface area contributed by atoms with Crippen LogP contribution in [0.4, 0.5) is 0 Å². The van der Waals surface area contributed by atoms with Crippen molar-refractivity contribution in [1.82, 2.24) is 4.72 Å². The normalized spacial score (nSPS) is 13.6. The summed E-state index contributed by atoms with van der Waals surface area (Å²) in [6.45, 7) is 4.69. The van der Waals surface area contributed by atoms with E-state index in [2.05, 4.69) is 4.72 Å². The van der Waals surface area contributed by atoms with Gasteiger partial charge >= 0.3 is 11.6 Å². The van der Waals surface area contributed by atoms with Crippen molar-refractivity contribution in [1.29, 1.82) is 0 Å². The fourth-order valence-corrected chi connectivity index (χ4v) is 5.09. The Morgan fingerprint density at radius 2 is 1.77 bits per heavy atom. The monoisotopic (exact) mass is 495 g/mol. The molecule has 35 heavy (non-hydrogen) atoms. The molecule has 9 heteroatoms. The van der Waals surface area contributed by atoms with Gasteiger partial charge in [-0.3, -0.25) is 4.79 Å². The summed E-state index contributed by atoms with van der Waals surface area (Å²) in [5.41, 5.74) is 1.94. The Bertz CT molecular complexity index is 1590. The molecule has 0 fully saturated rings. The van der Waals surface area contributed by atoms with Gasteiger partial charge in [0.1, 0.15) is 18.2 Å². The predicted octanol–water partition coefficient (Wildman–Crippen LogP) is 3.33. The molecular weight excluding hydrogens is 470 g/mol. The number of fused-ring (bicyclic) bond motifs is 2. The third kappa shape index (κ3) is 5.12. The van der Waals surface area contributed by atoms with E-state index in [9.17, 15) is 23.1 Å². The Balaban J connectivity index is 1.56. The van der Waals surface area contributed by atoms with Crippen LogP contribution in [-0.4, -0.2) is 31.6 Å². The highest BCUT2D eigenvalue weighted by atomic mass is 32.2. The first-order valence-electron chi connectivity index (χ1n) is 11.0. The number of aliphatic hydroxyl groups is 1. The molecule has 0 aliphatic heterocycles. The standard InChI is InChI=1S/C26H25NO7S/c1-15-8-11-22-20(13-23(29)34-25(22)16(15)2)14-33-26(30)24(17(3)28)27-35(31,32)21-10-9-18-6-4-5-7-19(18)12-21/h4-13,17,24,27-28H,14H2,1-3H3/t17-,24-/m1/s1. The topological polar surface area (TPSA) is 123 Å². The van der Waals surface area contributed by atoms with Gasteiger partial charge in [0.15, 0.2) is 0 Å². The molecule has 0 saturated carbocycles. The number of aryl methyl sites for hydroxylation is 2. The van der Waals surface area contributed by atoms with Gasteiger partial charge in [-0.1, -0.05) is 42.5 Å². The zero-order chi connectivity index (χ0) is 25.3. The summed E-state index contributed by atoms with van der Waals surface area (Å²) in [7, 11) is -4.15. The summed E-state index contributed by atoms with van der Waals surface area (Å²) in [5, 5.41) is 12.3. The summed E-state index contributed by atoms with van der Waals surface area (Å²) in [5.74, 6) is -0.977. The Hall–Kier alpha value is -3.53. The van der Waals surface area contributed by atoms with Gasteiger partial charge in [-0.15, -0.1) is 0 Å². The van der Waals surface area contributed by atoms with E-state index in [1.807, 2.05) is 32.0 Å². The maximum absolute atomic E-state index is 13.0. The number of aliphatic hydroxyl groups excluding tert-OH is 1. The molecule has 0 unspecified atom stereocenters. The lowest BCUT2D eigenvalue weighted by Gasteiger charge is -2.20. The number of rotatable bonds is 7. The van der Waals surface area contributed by atoms with Crippen molar-refractivity contribution < 1.29 is 27.5 Å². The zero-order valence-electron chi connectivity index (χ0n) is 19.4. The average Bonchev–Trinajstić information content (AvgIpc) is 2.83. The highest BCUT2D eigenvalue weighted by Crippen LogP contribution is 2.24. The van der Waals surface area contributed by atoms with Crippen LogP contribution in [0.15, 0.2) is 74.8 Å². The quantitative estimate of drug-likeness (QED) is 0.298. The number of carbonyl (C=O) groups is 1. The van der Waals surface area contributed by atoms with Crippen LogP contribution in [0.1, 0.15) is 23.6 Å². The molecule has 0 radical (unpaired) electrons. The molecule has 8 nitrogen and oxygen atoms in total. The highest BCUT2D eigenvalue weighted by molar-refractivity contribution is 7.89. The SMILES string of the molecule is Cc1ccc2c(COC(=O)[C@H](NS(=O)(=O)c3ccc4ccccc4c3)[C@@H](C)O)cc(=O)oc2c1C. The van der Waals surface area contributed by atoms with Crippen LogP contribution in [0.5, 0.6) is 0 Å². The van der Waals surface area contributed by atoms with Gasteiger partial charge in [-0.05, 0) is 54.8 Å². The third-order valence-electron chi connectivity index (χ3n) is 5.94. The second-order valence-corrected chi connectivity index (χ2v) is 10.1. The third-order valence-corrected chi connectivity index (χ3v) is 7.38. The minimum absolute atomic E-state index is 0.0489. The molecule has 0 amide bonds. The van der Waals surface area contributed by atoms with Crippen molar-refractivity contribution >= 4 is 37.7 Å². The van der Waals surface area contributed by atoms with Crippen molar-refractivity contribution in [2.24, 2.45) is 0 Å². The number of esters is 1. The van der Waals surface area contributed by atoms with Crippen LogP contribution in [-0.2, 0) is 26.2 Å². The molecule has 182 valence electrons. The molecule has 3 aromatic carbocycles. The minimum Gasteiger partial charge on any atom is -0.460 e. The van der Waals surface area contributed by atoms with E-state index in [1.54, 1.807) is 24.3 Å². The number of ether oxygens (including phenoxy) is 1. The minimum atomic E-state index is -4.15. The van der Waals surface area contributed by atoms with Crippen LogP contribution in [0.2, 0.25) is 0 Å². The second kappa shape index (κ2) is 9.61. The van der Waals surface area contributed by atoms with E-state index in [4.69, 9.17) is 9.15 Å². The van der Waals surface area contributed by atoms with E-state index in [1.165, 1.54) is 25.1 Å². The second-order valence-electron chi connectivity index (χ2n) is 8.43. The molecule has 0 spiro atoms. The fourth-order valence-electron chi connectivity index (χ4n) is 3.80. The first kappa shape index (κ1) is 24.6. The van der Waals surface area contributed by atoms with Gasteiger partial charge in [0.05, 0.1) is 11.0 Å². The van der Waals surface area contributed by atoms with Crippen LogP contribution >= 0.6 is 0 Å². The summed E-state index contributed by atoms with van der Waals surface area (Å²) < 4.78 is 38.8. The molecule has 0 aliphatic carbocycles. The number of nitrogens with one attached hydrogen (secondary N) is 1. The summed E-state index contributed by atoms with van der Waals surface area (Å²) in [6.07, 6.45) is -1.37. The van der Waals surface area contributed by atoms with Crippen LogP contribution < -0.4 is 10.3 Å². The molecule has 1 aromatic heterocycles.